The number of nitrogens with zero attached hydrogens (tertiary/aromatic N) is 1. The molecule has 0 radical (unpaired) electrons. The molecule has 2 aromatic rings. The number of benzene rings is 1. The van der Waals surface area contributed by atoms with E-state index in [4.69, 9.17) is 32.7 Å². The number of halogens is 2. The summed E-state index contributed by atoms with van der Waals surface area (Å²) < 4.78 is 31.1. The average Bonchev–Trinajstić information content (AvgIpc) is 2.93. The van der Waals surface area contributed by atoms with Gasteiger partial charge in [0.25, 0.3) is 0 Å². The third kappa shape index (κ3) is 3.80. The molecule has 22 heavy (non-hydrogen) atoms. The highest BCUT2D eigenvalue weighted by molar-refractivity contribution is 7.89. The van der Waals surface area contributed by atoms with Gasteiger partial charge >= 0.3 is 5.97 Å². The molecule has 0 saturated heterocycles. The molecular weight excluding hydrogens is 353 g/mol. The zero-order valence-electron chi connectivity index (χ0n) is 11.1. The van der Waals surface area contributed by atoms with Crippen molar-refractivity contribution < 1.29 is 22.7 Å². The summed E-state index contributed by atoms with van der Waals surface area (Å²) in [4.78, 5) is 10.7. The molecule has 9 heteroatoms. The molecule has 0 unspecified atom stereocenters. The predicted octanol–water partition coefficient (Wildman–Crippen LogP) is 2.86. The monoisotopic (exact) mass is 363 g/mol. The van der Waals surface area contributed by atoms with Crippen LogP contribution in [-0.4, -0.2) is 30.3 Å². The molecular formula is C13H11Cl2NO5S. The maximum Gasteiger partial charge on any atom is 0.318 e. The molecule has 0 bridgehead atoms. The van der Waals surface area contributed by atoms with Gasteiger partial charge in [0.1, 0.15) is 17.2 Å². The van der Waals surface area contributed by atoms with Crippen LogP contribution in [0.3, 0.4) is 0 Å². The van der Waals surface area contributed by atoms with Gasteiger partial charge in [0, 0.05) is 5.02 Å². The lowest BCUT2D eigenvalue weighted by Crippen LogP contribution is -2.35. The summed E-state index contributed by atoms with van der Waals surface area (Å²) in [5, 5.41) is 9.09. The zero-order chi connectivity index (χ0) is 16.3. The highest BCUT2D eigenvalue weighted by atomic mass is 35.5. The van der Waals surface area contributed by atoms with Crippen molar-refractivity contribution in [1.82, 2.24) is 4.31 Å². The quantitative estimate of drug-likeness (QED) is 0.852. The molecule has 0 saturated carbocycles. The second kappa shape index (κ2) is 6.70. The smallest absolute Gasteiger partial charge is 0.318 e. The number of aliphatic carboxylic acids is 1. The minimum atomic E-state index is -4.15. The standard InChI is InChI=1S/C13H11Cl2NO5S/c14-9-3-4-11(15)12(6-9)22(19,20)16(8-13(17)18)7-10-2-1-5-21-10/h1-6H,7-8H2,(H,17,18). The van der Waals surface area contributed by atoms with Crippen LogP contribution in [0.5, 0.6) is 0 Å². The summed E-state index contributed by atoms with van der Waals surface area (Å²) in [5.41, 5.74) is 0. The Balaban J connectivity index is 2.44. The van der Waals surface area contributed by atoms with Gasteiger partial charge in [-0.2, -0.15) is 4.31 Å². The number of sulfonamides is 1. The van der Waals surface area contributed by atoms with E-state index >= 15 is 0 Å². The zero-order valence-corrected chi connectivity index (χ0v) is 13.4. The fourth-order valence-electron chi connectivity index (χ4n) is 1.77. The van der Waals surface area contributed by atoms with Gasteiger partial charge in [-0.15, -0.1) is 0 Å². The van der Waals surface area contributed by atoms with Crippen molar-refractivity contribution in [2.24, 2.45) is 0 Å². The number of carboxylic acid groups (broad SMARTS) is 1. The molecule has 2 rings (SSSR count). The number of hydrogen-bond acceptors (Lipinski definition) is 4. The summed E-state index contributed by atoms with van der Waals surface area (Å²) >= 11 is 11.7. The molecule has 0 atom stereocenters. The second-order valence-corrected chi connectivity index (χ2v) is 7.07. The fourth-order valence-corrected chi connectivity index (χ4v) is 3.86. The summed E-state index contributed by atoms with van der Waals surface area (Å²) in [6.45, 7) is -0.962. The topological polar surface area (TPSA) is 87.8 Å². The van der Waals surface area contributed by atoms with Crippen LogP contribution >= 0.6 is 23.2 Å². The highest BCUT2D eigenvalue weighted by Gasteiger charge is 2.29. The van der Waals surface area contributed by atoms with Crippen LogP contribution in [0.1, 0.15) is 5.76 Å². The van der Waals surface area contributed by atoms with Crippen LogP contribution in [0.15, 0.2) is 45.9 Å². The van der Waals surface area contributed by atoms with Crippen LogP contribution < -0.4 is 0 Å². The fraction of sp³-hybridized carbons (Fsp3) is 0.154. The Morgan fingerprint density at radius 2 is 2.00 bits per heavy atom. The number of carbonyl (C=O) groups is 1. The van der Waals surface area contributed by atoms with Crippen LogP contribution in [0.2, 0.25) is 10.0 Å². The predicted molar refractivity (Wildman–Crippen MR) is 80.4 cm³/mol. The minimum absolute atomic E-state index is 0.0424. The lowest BCUT2D eigenvalue weighted by Gasteiger charge is -2.20. The van der Waals surface area contributed by atoms with E-state index in [9.17, 15) is 13.2 Å². The van der Waals surface area contributed by atoms with Crippen LogP contribution in [0.4, 0.5) is 0 Å². The van der Waals surface area contributed by atoms with E-state index in [1.54, 1.807) is 12.1 Å². The molecule has 1 aromatic carbocycles. The maximum atomic E-state index is 12.6. The summed E-state index contributed by atoms with van der Waals surface area (Å²) in [6.07, 6.45) is 1.37. The van der Waals surface area contributed by atoms with Gasteiger partial charge < -0.3 is 9.52 Å². The molecule has 118 valence electrons. The molecule has 6 nitrogen and oxygen atoms in total. The summed E-state index contributed by atoms with van der Waals surface area (Å²) in [7, 11) is -4.15. The van der Waals surface area contributed by atoms with Gasteiger partial charge in [-0.3, -0.25) is 4.79 Å². The molecule has 0 aliphatic rings. The van der Waals surface area contributed by atoms with Crippen molar-refractivity contribution in [2.45, 2.75) is 11.4 Å². The first-order chi connectivity index (χ1) is 10.3. The van der Waals surface area contributed by atoms with Crippen LogP contribution in [-0.2, 0) is 21.4 Å². The minimum Gasteiger partial charge on any atom is -0.480 e. The summed E-state index contributed by atoms with van der Waals surface area (Å²) in [5.74, 6) is -0.990. The Morgan fingerprint density at radius 3 is 2.59 bits per heavy atom. The van der Waals surface area contributed by atoms with E-state index in [0.29, 0.717) is 5.76 Å². The third-order valence-corrected chi connectivity index (χ3v) is 5.24. The number of rotatable bonds is 6. The molecule has 1 aromatic heterocycles. The molecule has 0 aliphatic heterocycles. The van der Waals surface area contributed by atoms with E-state index in [-0.39, 0.29) is 21.5 Å². The third-order valence-electron chi connectivity index (χ3n) is 2.73. The first-order valence-corrected chi connectivity index (χ1v) is 8.19. The molecule has 1 heterocycles. The van der Waals surface area contributed by atoms with E-state index < -0.39 is 22.5 Å². The van der Waals surface area contributed by atoms with Gasteiger partial charge in [-0.25, -0.2) is 8.42 Å². The van der Waals surface area contributed by atoms with Crippen LogP contribution in [0, 0.1) is 0 Å². The van der Waals surface area contributed by atoms with Crippen molar-refractivity contribution in [1.29, 1.82) is 0 Å². The highest BCUT2D eigenvalue weighted by Crippen LogP contribution is 2.28. The van der Waals surface area contributed by atoms with E-state index in [2.05, 4.69) is 0 Å². The normalized spacial score (nSPS) is 11.8. The molecule has 0 aliphatic carbocycles. The SMILES string of the molecule is O=C(O)CN(Cc1ccco1)S(=O)(=O)c1cc(Cl)ccc1Cl. The Labute approximate surface area is 136 Å². The number of carboxylic acids is 1. The van der Waals surface area contributed by atoms with Gasteiger partial charge in [0.2, 0.25) is 10.0 Å². The first kappa shape index (κ1) is 16.8. The lowest BCUT2D eigenvalue weighted by molar-refractivity contribution is -0.137. The Morgan fingerprint density at radius 1 is 1.27 bits per heavy atom. The second-order valence-electron chi connectivity index (χ2n) is 4.32. The Hall–Kier alpha value is -1.54. The van der Waals surface area contributed by atoms with Crippen molar-refractivity contribution in [2.75, 3.05) is 6.54 Å². The van der Waals surface area contributed by atoms with E-state index in [1.165, 1.54) is 24.5 Å². The van der Waals surface area contributed by atoms with Crippen molar-refractivity contribution >= 4 is 39.2 Å². The Bertz CT molecular complexity index is 774. The first-order valence-electron chi connectivity index (χ1n) is 6.00. The number of furan rings is 1. The van der Waals surface area contributed by atoms with Crippen molar-refractivity contribution in [3.05, 3.63) is 52.4 Å². The maximum absolute atomic E-state index is 12.6. The Kier molecular flexibility index (Phi) is 5.12. The van der Waals surface area contributed by atoms with Gasteiger partial charge in [-0.1, -0.05) is 23.2 Å². The molecule has 0 spiro atoms. The molecule has 0 fully saturated rings. The van der Waals surface area contributed by atoms with Gasteiger partial charge in [-0.05, 0) is 30.3 Å². The van der Waals surface area contributed by atoms with Gasteiger partial charge in [0.05, 0.1) is 17.8 Å². The van der Waals surface area contributed by atoms with E-state index in [1.807, 2.05) is 0 Å². The van der Waals surface area contributed by atoms with E-state index in [0.717, 1.165) is 4.31 Å². The summed E-state index contributed by atoms with van der Waals surface area (Å²) in [6, 6.07) is 7.08. The molecule has 1 N–H and O–H groups in total. The molecule has 0 amide bonds. The van der Waals surface area contributed by atoms with Crippen LogP contribution in [0.25, 0.3) is 0 Å². The average molecular weight is 364 g/mol. The largest absolute Gasteiger partial charge is 0.480 e. The lowest BCUT2D eigenvalue weighted by atomic mass is 10.4. The number of hydrogen-bond donors (Lipinski definition) is 1. The van der Waals surface area contributed by atoms with Crippen molar-refractivity contribution in [3.63, 3.8) is 0 Å². The van der Waals surface area contributed by atoms with Gasteiger partial charge in [0.15, 0.2) is 0 Å². The van der Waals surface area contributed by atoms with Crippen molar-refractivity contribution in [3.8, 4) is 0 Å².